The zero-order valence-electron chi connectivity index (χ0n) is 11.9. The van der Waals surface area contributed by atoms with Crippen LogP contribution in [0, 0.1) is 0 Å². The molecule has 0 saturated carbocycles. The molecule has 21 heavy (non-hydrogen) atoms. The Kier molecular flexibility index (Phi) is 5.21. The van der Waals surface area contributed by atoms with Crippen LogP contribution in [0.1, 0.15) is 41.5 Å². The van der Waals surface area contributed by atoms with Gasteiger partial charge in [0, 0.05) is 0 Å². The van der Waals surface area contributed by atoms with Gasteiger partial charge in [-0.2, -0.15) is 0 Å². The van der Waals surface area contributed by atoms with Gasteiger partial charge in [0.1, 0.15) is 10.8 Å². The summed E-state index contributed by atoms with van der Waals surface area (Å²) < 4.78 is 0. The van der Waals surface area contributed by atoms with E-state index in [4.69, 9.17) is 23.2 Å². The van der Waals surface area contributed by atoms with E-state index in [9.17, 15) is 4.79 Å². The van der Waals surface area contributed by atoms with Crippen LogP contribution in [0.5, 0.6) is 0 Å². The number of pyridine rings is 1. The topological polar surface area (TPSA) is 42.0 Å². The van der Waals surface area contributed by atoms with Crippen molar-refractivity contribution in [3.05, 3.63) is 63.4 Å². The molecule has 0 spiro atoms. The molecule has 0 radical (unpaired) electrons. The second-order valence-electron chi connectivity index (χ2n) is 4.75. The zero-order valence-corrected chi connectivity index (χ0v) is 13.4. The lowest BCUT2D eigenvalue weighted by Gasteiger charge is -2.15. The van der Waals surface area contributed by atoms with Gasteiger partial charge in [-0.3, -0.25) is 4.79 Å². The zero-order chi connectivity index (χ0) is 15.4. The molecule has 2 rings (SSSR count). The molecule has 0 aliphatic heterocycles. The number of rotatable bonds is 4. The van der Waals surface area contributed by atoms with Crippen molar-refractivity contribution in [1.82, 2.24) is 10.3 Å². The fraction of sp³-hybridized carbons (Fsp3) is 0.250. The molecule has 0 fully saturated rings. The lowest BCUT2D eigenvalue weighted by atomic mass is 10.0. The predicted molar refractivity (Wildman–Crippen MR) is 86.0 cm³/mol. The summed E-state index contributed by atoms with van der Waals surface area (Å²) in [5, 5.41) is 3.40. The summed E-state index contributed by atoms with van der Waals surface area (Å²) in [4.78, 5) is 16.2. The molecule has 1 atom stereocenters. The maximum Gasteiger partial charge on any atom is 0.271 e. The Morgan fingerprint density at radius 3 is 2.48 bits per heavy atom. The standard InChI is InChI=1S/C16H16Cl2N2O/c1-3-11-4-6-12(7-5-11)10(2)19-16(21)15-13(17)8-9-14(18)20-15/h4-10H,3H2,1-2H3,(H,19,21). The van der Waals surface area contributed by atoms with Gasteiger partial charge in [-0.05, 0) is 36.6 Å². The van der Waals surface area contributed by atoms with Crippen LogP contribution in [-0.4, -0.2) is 10.9 Å². The molecule has 1 amide bonds. The van der Waals surface area contributed by atoms with Crippen molar-refractivity contribution in [2.45, 2.75) is 26.3 Å². The van der Waals surface area contributed by atoms with Crippen LogP contribution in [0.25, 0.3) is 0 Å². The fourth-order valence-electron chi connectivity index (χ4n) is 1.97. The van der Waals surface area contributed by atoms with Gasteiger partial charge >= 0.3 is 0 Å². The molecule has 1 heterocycles. The molecule has 0 aliphatic carbocycles. The SMILES string of the molecule is CCc1ccc(C(C)NC(=O)c2nc(Cl)ccc2Cl)cc1. The molecule has 1 aromatic carbocycles. The van der Waals surface area contributed by atoms with Crippen LogP contribution in [0.3, 0.4) is 0 Å². The Balaban J connectivity index is 2.12. The predicted octanol–water partition coefficient (Wildman–Crippen LogP) is 4.44. The Morgan fingerprint density at radius 2 is 1.86 bits per heavy atom. The normalized spacial score (nSPS) is 12.0. The first kappa shape index (κ1) is 15.8. The maximum absolute atomic E-state index is 12.2. The number of halogens is 2. The van der Waals surface area contributed by atoms with E-state index in [-0.39, 0.29) is 27.8 Å². The minimum absolute atomic E-state index is 0.139. The summed E-state index contributed by atoms with van der Waals surface area (Å²) in [7, 11) is 0. The van der Waals surface area contributed by atoms with Gasteiger partial charge in [0.05, 0.1) is 11.1 Å². The number of benzene rings is 1. The van der Waals surface area contributed by atoms with Gasteiger partial charge in [-0.15, -0.1) is 0 Å². The highest BCUT2D eigenvalue weighted by molar-refractivity contribution is 6.34. The number of carbonyl (C=O) groups is 1. The number of nitrogens with one attached hydrogen (secondary N) is 1. The lowest BCUT2D eigenvalue weighted by Crippen LogP contribution is -2.27. The average Bonchev–Trinajstić information content (AvgIpc) is 2.49. The van der Waals surface area contributed by atoms with E-state index in [1.807, 2.05) is 19.1 Å². The first-order valence-electron chi connectivity index (χ1n) is 6.73. The Labute approximate surface area is 134 Å². The minimum Gasteiger partial charge on any atom is -0.344 e. The monoisotopic (exact) mass is 322 g/mol. The van der Waals surface area contributed by atoms with E-state index >= 15 is 0 Å². The van der Waals surface area contributed by atoms with Crippen molar-refractivity contribution in [1.29, 1.82) is 0 Å². The molecule has 5 heteroatoms. The summed E-state index contributed by atoms with van der Waals surface area (Å²) >= 11 is 11.8. The smallest absolute Gasteiger partial charge is 0.271 e. The number of aromatic nitrogens is 1. The Hall–Kier alpha value is -1.58. The Morgan fingerprint density at radius 1 is 1.19 bits per heavy atom. The van der Waals surface area contributed by atoms with Crippen LogP contribution in [0.4, 0.5) is 0 Å². The molecule has 0 saturated heterocycles. The second kappa shape index (κ2) is 6.92. The molecule has 1 aromatic heterocycles. The van der Waals surface area contributed by atoms with E-state index in [2.05, 4.69) is 29.4 Å². The highest BCUT2D eigenvalue weighted by Crippen LogP contribution is 2.19. The van der Waals surface area contributed by atoms with Gasteiger partial charge in [0.2, 0.25) is 0 Å². The van der Waals surface area contributed by atoms with E-state index < -0.39 is 0 Å². The van der Waals surface area contributed by atoms with E-state index in [0.29, 0.717) is 0 Å². The van der Waals surface area contributed by atoms with E-state index in [0.717, 1.165) is 12.0 Å². The van der Waals surface area contributed by atoms with Gasteiger partial charge in [0.15, 0.2) is 0 Å². The lowest BCUT2D eigenvalue weighted by molar-refractivity contribution is 0.0935. The Bertz CT molecular complexity index is 641. The number of hydrogen-bond donors (Lipinski definition) is 1. The molecule has 110 valence electrons. The highest BCUT2D eigenvalue weighted by Gasteiger charge is 2.16. The molecular formula is C16H16Cl2N2O. The van der Waals surface area contributed by atoms with E-state index in [1.165, 1.54) is 5.56 Å². The molecular weight excluding hydrogens is 307 g/mol. The number of aryl methyl sites for hydroxylation is 1. The van der Waals surface area contributed by atoms with Crippen LogP contribution in [0.2, 0.25) is 10.2 Å². The highest BCUT2D eigenvalue weighted by atomic mass is 35.5. The van der Waals surface area contributed by atoms with Crippen molar-refractivity contribution >= 4 is 29.1 Å². The maximum atomic E-state index is 12.2. The van der Waals surface area contributed by atoms with Crippen molar-refractivity contribution in [3.63, 3.8) is 0 Å². The van der Waals surface area contributed by atoms with Crippen molar-refractivity contribution in [3.8, 4) is 0 Å². The van der Waals surface area contributed by atoms with Crippen LogP contribution < -0.4 is 5.32 Å². The van der Waals surface area contributed by atoms with Crippen molar-refractivity contribution < 1.29 is 4.79 Å². The van der Waals surface area contributed by atoms with E-state index in [1.54, 1.807) is 12.1 Å². The summed E-state index contributed by atoms with van der Waals surface area (Å²) in [6, 6.07) is 11.1. The molecule has 3 nitrogen and oxygen atoms in total. The minimum atomic E-state index is -0.338. The second-order valence-corrected chi connectivity index (χ2v) is 5.55. The number of hydrogen-bond acceptors (Lipinski definition) is 2. The van der Waals surface area contributed by atoms with Gasteiger partial charge < -0.3 is 5.32 Å². The van der Waals surface area contributed by atoms with Crippen molar-refractivity contribution in [2.75, 3.05) is 0 Å². The fourth-order valence-corrected chi connectivity index (χ4v) is 2.31. The van der Waals surface area contributed by atoms with Crippen LogP contribution in [0.15, 0.2) is 36.4 Å². The molecule has 0 bridgehead atoms. The number of amides is 1. The van der Waals surface area contributed by atoms with Gasteiger partial charge in [0.25, 0.3) is 5.91 Å². The third-order valence-electron chi connectivity index (χ3n) is 3.26. The quantitative estimate of drug-likeness (QED) is 0.845. The largest absolute Gasteiger partial charge is 0.344 e. The third-order valence-corrected chi connectivity index (χ3v) is 3.78. The van der Waals surface area contributed by atoms with Crippen LogP contribution in [-0.2, 0) is 6.42 Å². The summed E-state index contributed by atoms with van der Waals surface area (Å²) in [6.45, 7) is 4.02. The van der Waals surface area contributed by atoms with Crippen LogP contribution >= 0.6 is 23.2 Å². The summed E-state index contributed by atoms with van der Waals surface area (Å²) in [6.07, 6.45) is 0.989. The number of nitrogens with zero attached hydrogens (tertiary/aromatic N) is 1. The summed E-state index contributed by atoms with van der Waals surface area (Å²) in [5.74, 6) is -0.338. The van der Waals surface area contributed by atoms with Gasteiger partial charge in [-0.1, -0.05) is 54.4 Å². The number of carbonyl (C=O) groups excluding carboxylic acids is 1. The first-order chi connectivity index (χ1) is 10.0. The molecule has 1 N–H and O–H groups in total. The first-order valence-corrected chi connectivity index (χ1v) is 7.48. The molecule has 0 aliphatic rings. The third kappa shape index (κ3) is 3.96. The van der Waals surface area contributed by atoms with Gasteiger partial charge in [-0.25, -0.2) is 4.98 Å². The summed E-state index contributed by atoms with van der Waals surface area (Å²) in [5.41, 5.74) is 2.43. The van der Waals surface area contributed by atoms with Crippen molar-refractivity contribution in [2.24, 2.45) is 0 Å². The average molecular weight is 323 g/mol. The molecule has 1 unspecified atom stereocenters. The molecule has 2 aromatic rings.